The van der Waals surface area contributed by atoms with Crippen molar-refractivity contribution in [3.05, 3.63) is 48.6 Å². The van der Waals surface area contributed by atoms with E-state index < -0.39 is 85.5 Å². The fourth-order valence-electron chi connectivity index (χ4n) is 5.81. The molecule has 0 amide bonds. The van der Waals surface area contributed by atoms with E-state index in [0.29, 0.717) is 12.8 Å². The highest BCUT2D eigenvalue weighted by atomic mass is 31.2. The quantitative estimate of drug-likeness (QED) is 0.0166. The number of carbonyl (C=O) groups is 2. The van der Waals surface area contributed by atoms with Crippen molar-refractivity contribution in [2.75, 3.05) is 39.6 Å². The van der Waals surface area contributed by atoms with Gasteiger partial charge >= 0.3 is 27.6 Å². The van der Waals surface area contributed by atoms with Crippen molar-refractivity contribution >= 4 is 27.6 Å². The molecule has 0 rings (SSSR count). The third-order valence-electron chi connectivity index (χ3n) is 9.39. The summed E-state index contributed by atoms with van der Waals surface area (Å²) < 4.78 is 52.9. The van der Waals surface area contributed by atoms with Crippen molar-refractivity contribution in [3.8, 4) is 0 Å². The summed E-state index contributed by atoms with van der Waals surface area (Å²) in [6.07, 6.45) is 36.8. The first-order valence-electron chi connectivity index (χ1n) is 23.0. The molecule has 0 saturated carbocycles. The van der Waals surface area contributed by atoms with E-state index in [1.807, 2.05) is 42.5 Å². The van der Waals surface area contributed by atoms with Crippen molar-refractivity contribution in [1.82, 2.24) is 0 Å². The number of phosphoric ester groups is 2. The molecule has 0 aromatic carbocycles. The Hall–Kier alpha value is -2.00. The average Bonchev–Trinajstić information content (AvgIpc) is 3.24. The molecule has 17 heteroatoms. The Morgan fingerprint density at radius 2 is 0.742 bits per heavy atom. The molecule has 0 fully saturated rings. The van der Waals surface area contributed by atoms with Crippen molar-refractivity contribution in [2.45, 2.75) is 186 Å². The number of carbonyl (C=O) groups excluding carboxylic acids is 2. The maximum absolute atomic E-state index is 12.1. The lowest BCUT2D eigenvalue weighted by atomic mass is 10.0. The van der Waals surface area contributed by atoms with Gasteiger partial charge in [-0.3, -0.25) is 27.7 Å². The Morgan fingerprint density at radius 3 is 1.11 bits per heavy atom. The van der Waals surface area contributed by atoms with Crippen LogP contribution < -0.4 is 0 Å². The molecule has 5 atom stereocenters. The molecule has 5 unspecified atom stereocenters. The molecule has 5 N–H and O–H groups in total. The van der Waals surface area contributed by atoms with Gasteiger partial charge in [-0.15, -0.1) is 0 Å². The third-order valence-corrected chi connectivity index (χ3v) is 11.3. The van der Waals surface area contributed by atoms with Crippen LogP contribution in [-0.4, -0.2) is 95.0 Å². The second kappa shape index (κ2) is 41.7. The largest absolute Gasteiger partial charge is 0.472 e. The topological polar surface area (TPSA) is 225 Å². The molecule has 0 bridgehead atoms. The van der Waals surface area contributed by atoms with Gasteiger partial charge in [0.1, 0.15) is 31.5 Å². The van der Waals surface area contributed by atoms with Crippen molar-refractivity contribution < 1.29 is 71.4 Å². The molecule has 62 heavy (non-hydrogen) atoms. The Bertz CT molecular complexity index is 1310. The summed E-state index contributed by atoms with van der Waals surface area (Å²) in [4.78, 5) is 43.7. The standard InChI is InChI=1S/C45H82O15P2/c1-3-5-7-9-11-13-15-17-18-19-20-22-24-26-28-30-32-34-45(50)56-36-42(47)38-58-62(53,54)60-40-43(48)39-59-61(51,52)57-37-41(46)35-55-44(49)33-31-29-27-25-23-21-16-14-12-10-8-6-4-2/h6,8,10,12,14,16,21,23,41-43,46-48H,3-5,7,9,11,13,15,17-20,22,24-40H2,1-2H3,(H,51,52)(H,53,54)/b8-6+,12-10+,16-14-,23-21-. The van der Waals surface area contributed by atoms with Crippen LogP contribution in [0.3, 0.4) is 0 Å². The monoisotopic (exact) mass is 925 g/mol. The second-order valence-corrected chi connectivity index (χ2v) is 18.4. The fraction of sp³-hybridized carbons (Fsp3) is 0.778. The highest BCUT2D eigenvalue weighted by Crippen LogP contribution is 2.45. The highest BCUT2D eigenvalue weighted by Gasteiger charge is 2.28. The third kappa shape index (κ3) is 43.3. The van der Waals surface area contributed by atoms with Crippen molar-refractivity contribution in [3.63, 3.8) is 0 Å². The van der Waals surface area contributed by atoms with E-state index in [2.05, 4.69) is 38.0 Å². The van der Waals surface area contributed by atoms with Gasteiger partial charge in [0, 0.05) is 12.8 Å². The smallest absolute Gasteiger partial charge is 0.463 e. The fourth-order valence-corrected chi connectivity index (χ4v) is 7.40. The van der Waals surface area contributed by atoms with Crippen LogP contribution in [0.2, 0.25) is 0 Å². The molecule has 0 aliphatic carbocycles. The van der Waals surface area contributed by atoms with Crippen molar-refractivity contribution in [2.24, 2.45) is 0 Å². The number of hydrogen-bond donors (Lipinski definition) is 5. The van der Waals surface area contributed by atoms with E-state index in [0.717, 1.165) is 44.9 Å². The molecule has 0 heterocycles. The van der Waals surface area contributed by atoms with Gasteiger partial charge in [-0.2, -0.15) is 0 Å². The molecule has 0 aliphatic rings. The van der Waals surface area contributed by atoms with Crippen molar-refractivity contribution in [1.29, 1.82) is 0 Å². The number of unbranched alkanes of at least 4 members (excludes halogenated alkanes) is 19. The van der Waals surface area contributed by atoms with Crippen LogP contribution in [-0.2, 0) is 46.3 Å². The lowest BCUT2D eigenvalue weighted by molar-refractivity contribution is -0.148. The molecule has 0 aromatic heterocycles. The number of aliphatic hydroxyl groups is 3. The number of allylic oxidation sites excluding steroid dienone is 8. The first kappa shape index (κ1) is 60.0. The highest BCUT2D eigenvalue weighted by molar-refractivity contribution is 7.47. The molecule has 0 aliphatic heterocycles. The molecule has 0 saturated heterocycles. The summed E-state index contributed by atoms with van der Waals surface area (Å²) in [6, 6.07) is 0. The molecular weight excluding hydrogens is 842 g/mol. The van der Waals surface area contributed by atoms with Crippen LogP contribution >= 0.6 is 15.6 Å². The minimum absolute atomic E-state index is 0.149. The number of phosphoric acid groups is 2. The van der Waals surface area contributed by atoms with Crippen LogP contribution in [0.25, 0.3) is 0 Å². The average molecular weight is 925 g/mol. The Balaban J connectivity index is 3.92. The van der Waals surface area contributed by atoms with Gasteiger partial charge in [0.15, 0.2) is 0 Å². The van der Waals surface area contributed by atoms with E-state index in [4.69, 9.17) is 9.47 Å². The summed E-state index contributed by atoms with van der Waals surface area (Å²) in [5, 5.41) is 30.0. The number of rotatable bonds is 44. The summed E-state index contributed by atoms with van der Waals surface area (Å²) in [6.45, 7) is 0.230. The van der Waals surface area contributed by atoms with Crippen LogP contribution in [0.4, 0.5) is 0 Å². The summed E-state index contributed by atoms with van der Waals surface area (Å²) in [7, 11) is -9.58. The van der Waals surface area contributed by atoms with E-state index in [1.165, 1.54) is 83.5 Å². The zero-order valence-corrected chi connectivity index (χ0v) is 39.6. The van der Waals surface area contributed by atoms with E-state index >= 15 is 0 Å². The Kier molecular flexibility index (Phi) is 40.3. The van der Waals surface area contributed by atoms with E-state index in [-0.39, 0.29) is 12.8 Å². The van der Waals surface area contributed by atoms with Crippen LogP contribution in [0.1, 0.15) is 168 Å². The van der Waals surface area contributed by atoms with E-state index in [9.17, 15) is 43.8 Å². The Labute approximate surface area is 372 Å². The van der Waals surface area contributed by atoms with Gasteiger partial charge in [-0.05, 0) is 32.1 Å². The summed E-state index contributed by atoms with van der Waals surface area (Å²) >= 11 is 0. The summed E-state index contributed by atoms with van der Waals surface area (Å²) in [5.74, 6) is -1.03. The lowest BCUT2D eigenvalue weighted by Gasteiger charge is -2.19. The zero-order valence-electron chi connectivity index (χ0n) is 37.8. The first-order chi connectivity index (χ1) is 29.8. The predicted octanol–water partition coefficient (Wildman–Crippen LogP) is 10.0. The van der Waals surface area contributed by atoms with Crippen LogP contribution in [0.15, 0.2) is 48.6 Å². The predicted molar refractivity (Wildman–Crippen MR) is 242 cm³/mol. The maximum Gasteiger partial charge on any atom is 0.472 e. The van der Waals surface area contributed by atoms with Gasteiger partial charge in [-0.1, -0.05) is 172 Å². The molecular formula is C45H82O15P2. The normalized spacial score (nSPS) is 15.7. The molecule has 0 spiro atoms. The number of hydrogen-bond acceptors (Lipinski definition) is 13. The van der Waals surface area contributed by atoms with Crippen LogP contribution in [0, 0.1) is 0 Å². The number of aliphatic hydroxyl groups excluding tert-OH is 3. The molecule has 0 radical (unpaired) electrons. The number of esters is 2. The molecule has 362 valence electrons. The molecule has 15 nitrogen and oxygen atoms in total. The minimum Gasteiger partial charge on any atom is -0.463 e. The zero-order chi connectivity index (χ0) is 46.0. The first-order valence-corrected chi connectivity index (χ1v) is 26.0. The van der Waals surface area contributed by atoms with E-state index in [1.54, 1.807) is 0 Å². The molecule has 0 aromatic rings. The van der Waals surface area contributed by atoms with Gasteiger partial charge in [0.2, 0.25) is 0 Å². The SMILES string of the molecule is CC/C=C/C=C/C=C\C=C/CCCCCC(=O)OCC(O)COP(=O)(O)OCC(O)COP(=O)(O)OCC(O)COC(=O)CCCCCCCCCCCCCCCCCCC. The number of ether oxygens (including phenoxy) is 2. The van der Waals surface area contributed by atoms with Gasteiger partial charge in [-0.25, -0.2) is 9.13 Å². The Morgan fingerprint density at radius 1 is 0.435 bits per heavy atom. The lowest BCUT2D eigenvalue weighted by Crippen LogP contribution is -2.25. The second-order valence-electron chi connectivity index (χ2n) is 15.5. The van der Waals surface area contributed by atoms with Gasteiger partial charge < -0.3 is 34.6 Å². The van der Waals surface area contributed by atoms with Gasteiger partial charge in [0.05, 0.1) is 26.4 Å². The summed E-state index contributed by atoms with van der Waals surface area (Å²) in [5.41, 5.74) is 0. The van der Waals surface area contributed by atoms with Gasteiger partial charge in [0.25, 0.3) is 0 Å². The maximum atomic E-state index is 12.1. The van der Waals surface area contributed by atoms with Crippen LogP contribution in [0.5, 0.6) is 0 Å². The minimum atomic E-state index is -4.79.